The van der Waals surface area contributed by atoms with Gasteiger partial charge in [0.1, 0.15) is 16.9 Å². The number of halogens is 3. The molecule has 1 aliphatic rings. The Balaban J connectivity index is 1.38. The second-order valence-corrected chi connectivity index (χ2v) is 11.8. The van der Waals surface area contributed by atoms with E-state index in [2.05, 4.69) is 19.9 Å². The van der Waals surface area contributed by atoms with Crippen molar-refractivity contribution in [1.29, 1.82) is 5.41 Å². The highest BCUT2D eigenvalue weighted by Crippen LogP contribution is 2.46. The smallest absolute Gasteiger partial charge is 0.434 e. The average Bonchev–Trinajstić information content (AvgIpc) is 3.81. The lowest BCUT2D eigenvalue weighted by atomic mass is 10.1. The molecular formula is C32H33F3N10O5. The van der Waals surface area contributed by atoms with Crippen LogP contribution in [-0.4, -0.2) is 69.6 Å². The summed E-state index contributed by atoms with van der Waals surface area (Å²) in [4.78, 5) is 47.1. The predicted molar refractivity (Wildman–Crippen MR) is 171 cm³/mol. The Bertz CT molecular complexity index is 2150. The van der Waals surface area contributed by atoms with Crippen LogP contribution < -0.4 is 15.3 Å². The SMILES string of the molecule is CCCCOC(=O)N(C(=O)O)c1nc(OC)c(-c2ncc3c(n2)n(Cc2ccc(-c4nc(C(F)(F)F)cn4C)cc2)c(=N)n3C)c(C2CC2)n1. The van der Waals surface area contributed by atoms with Gasteiger partial charge in [0.15, 0.2) is 17.2 Å². The number of carbonyl (C=O) groups excluding carboxylic acids is 1. The van der Waals surface area contributed by atoms with E-state index < -0.39 is 30.0 Å². The predicted octanol–water partition coefficient (Wildman–Crippen LogP) is 5.48. The number of imide groups is 1. The number of anilines is 1. The highest BCUT2D eigenvalue weighted by Gasteiger charge is 2.37. The summed E-state index contributed by atoms with van der Waals surface area (Å²) in [5.74, 6) is -0.231. The number of alkyl halides is 3. The van der Waals surface area contributed by atoms with Crippen molar-refractivity contribution in [1.82, 2.24) is 38.6 Å². The van der Waals surface area contributed by atoms with Crippen molar-refractivity contribution in [2.24, 2.45) is 14.1 Å². The minimum absolute atomic E-state index is 0.0315. The van der Waals surface area contributed by atoms with Crippen LogP contribution in [0.2, 0.25) is 0 Å². The summed E-state index contributed by atoms with van der Waals surface area (Å²) in [6.45, 7) is 2.13. The van der Waals surface area contributed by atoms with Crippen molar-refractivity contribution in [3.8, 4) is 28.7 Å². The Kier molecular flexibility index (Phi) is 9.02. The monoisotopic (exact) mass is 694 g/mol. The number of nitrogens with zero attached hydrogens (tertiary/aromatic N) is 9. The minimum Gasteiger partial charge on any atom is -0.480 e. The quantitative estimate of drug-likeness (QED) is 0.178. The third kappa shape index (κ3) is 6.47. The van der Waals surface area contributed by atoms with Gasteiger partial charge in [0.25, 0.3) is 0 Å². The number of nitrogens with one attached hydrogen (secondary N) is 1. The van der Waals surface area contributed by atoms with E-state index in [4.69, 9.17) is 19.9 Å². The van der Waals surface area contributed by atoms with Gasteiger partial charge >= 0.3 is 18.4 Å². The van der Waals surface area contributed by atoms with Gasteiger partial charge in [0.2, 0.25) is 17.4 Å². The number of amides is 2. The highest BCUT2D eigenvalue weighted by atomic mass is 19.4. The lowest BCUT2D eigenvalue weighted by Gasteiger charge is -2.18. The fourth-order valence-corrected chi connectivity index (χ4v) is 5.45. The lowest BCUT2D eigenvalue weighted by Crippen LogP contribution is -2.38. The number of carboxylic acid groups (broad SMARTS) is 1. The van der Waals surface area contributed by atoms with Crippen molar-refractivity contribution >= 4 is 29.3 Å². The van der Waals surface area contributed by atoms with Crippen LogP contribution in [-0.2, 0) is 31.6 Å². The molecule has 1 fully saturated rings. The van der Waals surface area contributed by atoms with E-state index in [1.165, 1.54) is 18.7 Å². The van der Waals surface area contributed by atoms with E-state index in [0.717, 1.165) is 31.0 Å². The molecule has 18 heteroatoms. The molecule has 6 rings (SSSR count). The van der Waals surface area contributed by atoms with Crippen molar-refractivity contribution in [3.63, 3.8) is 0 Å². The summed E-state index contributed by atoms with van der Waals surface area (Å²) >= 11 is 0. The number of unbranched alkanes of at least 4 members (excludes halogenated alkanes) is 1. The maximum atomic E-state index is 13.2. The van der Waals surface area contributed by atoms with Crippen LogP contribution in [0.15, 0.2) is 36.7 Å². The summed E-state index contributed by atoms with van der Waals surface area (Å²) < 4.78 is 54.9. The molecule has 5 aromatic rings. The molecule has 0 saturated heterocycles. The van der Waals surface area contributed by atoms with Gasteiger partial charge < -0.3 is 23.7 Å². The van der Waals surface area contributed by atoms with Crippen molar-refractivity contribution in [2.45, 2.75) is 51.2 Å². The molecule has 50 heavy (non-hydrogen) atoms. The van der Waals surface area contributed by atoms with Gasteiger partial charge in [-0.3, -0.25) is 9.98 Å². The first-order valence-corrected chi connectivity index (χ1v) is 15.6. The molecule has 15 nitrogen and oxygen atoms in total. The fraction of sp³-hybridized carbons (Fsp3) is 0.375. The third-order valence-electron chi connectivity index (χ3n) is 8.23. The summed E-state index contributed by atoms with van der Waals surface area (Å²) in [5, 5.41) is 18.7. The second-order valence-electron chi connectivity index (χ2n) is 11.8. The first kappa shape index (κ1) is 34.1. The average molecular weight is 695 g/mol. The van der Waals surface area contributed by atoms with Crippen LogP contribution in [0.5, 0.6) is 5.88 Å². The molecule has 0 bridgehead atoms. The molecule has 262 valence electrons. The normalized spacial score (nSPS) is 13.1. The molecule has 0 atom stereocenters. The molecule has 1 aromatic carbocycles. The Hall–Kier alpha value is -5.81. The molecule has 1 aliphatic carbocycles. The number of rotatable bonds is 10. The molecule has 4 aromatic heterocycles. The first-order valence-electron chi connectivity index (χ1n) is 15.6. The molecule has 0 spiro atoms. The summed E-state index contributed by atoms with van der Waals surface area (Å²) in [5.41, 5.74) is 2.03. The van der Waals surface area contributed by atoms with E-state index in [1.54, 1.807) is 46.6 Å². The summed E-state index contributed by atoms with van der Waals surface area (Å²) in [7, 11) is 4.54. The molecule has 0 unspecified atom stereocenters. The number of imidazole rings is 2. The highest BCUT2D eigenvalue weighted by molar-refractivity contribution is 6.07. The third-order valence-corrected chi connectivity index (χ3v) is 8.23. The van der Waals surface area contributed by atoms with E-state index in [0.29, 0.717) is 39.3 Å². The van der Waals surface area contributed by atoms with Gasteiger partial charge in [-0.1, -0.05) is 37.6 Å². The number of aromatic nitrogens is 8. The van der Waals surface area contributed by atoms with Gasteiger partial charge in [-0.25, -0.2) is 29.5 Å². The number of methoxy groups -OCH3 is 1. The zero-order valence-corrected chi connectivity index (χ0v) is 27.5. The maximum Gasteiger partial charge on any atom is 0.434 e. The molecule has 2 amide bonds. The molecule has 0 radical (unpaired) electrons. The van der Waals surface area contributed by atoms with Crippen LogP contribution in [0, 0.1) is 5.41 Å². The van der Waals surface area contributed by atoms with Gasteiger partial charge in [0.05, 0.1) is 32.2 Å². The number of aryl methyl sites for hydroxylation is 2. The lowest BCUT2D eigenvalue weighted by molar-refractivity contribution is -0.140. The van der Waals surface area contributed by atoms with Crippen LogP contribution in [0.4, 0.5) is 28.7 Å². The number of ether oxygens (including phenoxy) is 2. The molecule has 2 N–H and O–H groups in total. The van der Waals surface area contributed by atoms with Crippen molar-refractivity contribution < 1.29 is 37.3 Å². The summed E-state index contributed by atoms with van der Waals surface area (Å²) in [6.07, 6.45) is -2.04. The Morgan fingerprint density at radius 2 is 1.82 bits per heavy atom. The van der Waals surface area contributed by atoms with Gasteiger partial charge in [-0.15, -0.1) is 4.90 Å². The Labute approximate surface area is 282 Å². The summed E-state index contributed by atoms with van der Waals surface area (Å²) in [6, 6.07) is 6.82. The number of carbonyl (C=O) groups is 2. The van der Waals surface area contributed by atoms with E-state index >= 15 is 0 Å². The standard InChI is InChI=1S/C32H33F3N10O5/c1-5-6-13-50-31(48)45(30(46)47)29-39-23(18-11-12-18)22(27(41-29)49-4)24-37-14-20-26(40-24)44(28(36)43(20)3)15-17-7-9-19(10-8-17)25-38-21(16-42(25)2)32(33,34)35/h7-10,14,16,18,36H,5-6,11-13,15H2,1-4H3,(H,46,47). The van der Waals surface area contributed by atoms with E-state index in [1.807, 2.05) is 6.92 Å². The van der Waals surface area contributed by atoms with Gasteiger partial charge in [-0.05, 0) is 24.8 Å². The van der Waals surface area contributed by atoms with Gasteiger partial charge in [-0.2, -0.15) is 18.2 Å². The van der Waals surface area contributed by atoms with Crippen LogP contribution in [0.1, 0.15) is 55.5 Å². The minimum atomic E-state index is -4.56. The Morgan fingerprint density at radius 3 is 2.42 bits per heavy atom. The van der Waals surface area contributed by atoms with Crippen molar-refractivity contribution in [3.05, 3.63) is 59.2 Å². The topological polar surface area (TPSA) is 179 Å². The largest absolute Gasteiger partial charge is 0.480 e. The van der Waals surface area contributed by atoms with Gasteiger partial charge in [0, 0.05) is 31.8 Å². The zero-order valence-electron chi connectivity index (χ0n) is 27.5. The van der Waals surface area contributed by atoms with E-state index in [-0.39, 0.29) is 42.2 Å². The first-order chi connectivity index (χ1) is 23.8. The number of hydrogen-bond donors (Lipinski definition) is 2. The van der Waals surface area contributed by atoms with Crippen LogP contribution in [0.3, 0.4) is 0 Å². The number of fused-ring (bicyclic) bond motifs is 1. The number of hydrogen-bond acceptors (Lipinski definition) is 10. The van der Waals surface area contributed by atoms with Crippen LogP contribution >= 0.6 is 0 Å². The molecule has 4 heterocycles. The van der Waals surface area contributed by atoms with E-state index in [9.17, 15) is 27.9 Å². The second kappa shape index (κ2) is 13.2. The number of benzene rings is 1. The van der Waals surface area contributed by atoms with Crippen molar-refractivity contribution in [2.75, 3.05) is 18.6 Å². The Morgan fingerprint density at radius 1 is 1.10 bits per heavy atom. The molecular weight excluding hydrogens is 661 g/mol. The molecule has 0 aliphatic heterocycles. The fourth-order valence-electron chi connectivity index (χ4n) is 5.45. The van der Waals surface area contributed by atoms with Crippen LogP contribution in [0.25, 0.3) is 33.9 Å². The molecule has 1 saturated carbocycles. The zero-order chi connectivity index (χ0) is 35.9. The maximum absolute atomic E-state index is 13.2.